The molecule has 0 aliphatic heterocycles. The van der Waals surface area contributed by atoms with Crippen molar-refractivity contribution in [2.75, 3.05) is 0 Å². The second-order valence-electron chi connectivity index (χ2n) is 4.69. The highest BCUT2D eigenvalue weighted by atomic mass is 15.1. The normalized spacial score (nSPS) is 19.2. The predicted octanol–water partition coefficient (Wildman–Crippen LogP) is 3.44. The smallest absolute Gasteiger partial charge is 0.144 e. The third-order valence-electron chi connectivity index (χ3n) is 3.68. The Labute approximate surface area is 107 Å². The van der Waals surface area contributed by atoms with Gasteiger partial charge in [0.15, 0.2) is 0 Å². The van der Waals surface area contributed by atoms with Crippen LogP contribution < -0.4 is 0 Å². The minimum atomic E-state index is 0.412. The van der Waals surface area contributed by atoms with Gasteiger partial charge in [0, 0.05) is 11.6 Å². The topological polar surface area (TPSA) is 30.7 Å². The van der Waals surface area contributed by atoms with Gasteiger partial charge in [-0.15, -0.1) is 0 Å². The van der Waals surface area contributed by atoms with Crippen LogP contribution in [0.2, 0.25) is 0 Å². The number of aryl methyl sites for hydroxylation is 1. The van der Waals surface area contributed by atoms with Crippen molar-refractivity contribution >= 4 is 11.0 Å². The molecule has 1 aliphatic rings. The molecule has 2 aromatic rings. The number of hydrogen-bond acceptors (Lipinski definition) is 2. The lowest BCUT2D eigenvalue weighted by molar-refractivity contribution is 0.605. The molecule has 0 saturated carbocycles. The lowest BCUT2D eigenvalue weighted by atomic mass is 10.2. The molecule has 0 bridgehead atoms. The van der Waals surface area contributed by atoms with Crippen LogP contribution in [0.15, 0.2) is 42.9 Å². The minimum absolute atomic E-state index is 0.412. The van der Waals surface area contributed by atoms with Gasteiger partial charge in [-0.05, 0) is 25.3 Å². The zero-order chi connectivity index (χ0) is 12.5. The van der Waals surface area contributed by atoms with Crippen molar-refractivity contribution in [3.63, 3.8) is 0 Å². The maximum Gasteiger partial charge on any atom is 0.144 e. The molecule has 1 aliphatic carbocycles. The first-order chi connectivity index (χ1) is 8.83. The van der Waals surface area contributed by atoms with Gasteiger partial charge in [0.2, 0.25) is 0 Å². The van der Waals surface area contributed by atoms with E-state index in [0.717, 1.165) is 30.6 Å². The van der Waals surface area contributed by atoms with Gasteiger partial charge < -0.3 is 4.57 Å². The molecule has 3 rings (SSSR count). The van der Waals surface area contributed by atoms with Gasteiger partial charge >= 0.3 is 0 Å². The first kappa shape index (κ1) is 11.2. The summed E-state index contributed by atoms with van der Waals surface area (Å²) in [5.41, 5.74) is 3.52. The van der Waals surface area contributed by atoms with Crippen molar-refractivity contribution in [2.45, 2.75) is 32.2 Å². The van der Waals surface area contributed by atoms with E-state index in [4.69, 9.17) is 0 Å². The monoisotopic (exact) mass is 239 g/mol. The maximum absolute atomic E-state index is 4.44. The van der Waals surface area contributed by atoms with Crippen LogP contribution in [0.5, 0.6) is 0 Å². The van der Waals surface area contributed by atoms with Crippen molar-refractivity contribution in [3.05, 3.63) is 48.6 Å². The molecule has 0 amide bonds. The molecular formula is C15H17N3. The van der Waals surface area contributed by atoms with Gasteiger partial charge in [0.1, 0.15) is 12.0 Å². The first-order valence-corrected chi connectivity index (χ1v) is 6.47. The summed E-state index contributed by atoms with van der Waals surface area (Å²) >= 11 is 0. The molecule has 2 aromatic heterocycles. The van der Waals surface area contributed by atoms with E-state index in [1.165, 1.54) is 11.0 Å². The molecule has 0 N–H and O–H groups in total. The SMILES string of the molecule is C=CC1=CC(n2ccc3c(CC)ncnc32)CC1. The summed E-state index contributed by atoms with van der Waals surface area (Å²) in [4.78, 5) is 8.78. The third kappa shape index (κ3) is 1.67. The van der Waals surface area contributed by atoms with Crippen molar-refractivity contribution in [3.8, 4) is 0 Å². The van der Waals surface area contributed by atoms with Crippen molar-refractivity contribution in [1.29, 1.82) is 0 Å². The van der Waals surface area contributed by atoms with Crippen LogP contribution in [0.4, 0.5) is 0 Å². The van der Waals surface area contributed by atoms with Crippen molar-refractivity contribution in [2.24, 2.45) is 0 Å². The van der Waals surface area contributed by atoms with E-state index in [-0.39, 0.29) is 0 Å². The lowest BCUT2D eigenvalue weighted by Gasteiger charge is -2.11. The molecule has 3 nitrogen and oxygen atoms in total. The molecule has 1 atom stereocenters. The Bertz CT molecular complexity index is 622. The Morgan fingerprint density at radius 1 is 1.50 bits per heavy atom. The number of aromatic nitrogens is 3. The number of fused-ring (bicyclic) bond motifs is 1. The summed E-state index contributed by atoms with van der Waals surface area (Å²) in [6.07, 6.45) is 11.2. The molecule has 3 heteroatoms. The fourth-order valence-corrected chi connectivity index (χ4v) is 2.69. The van der Waals surface area contributed by atoms with Gasteiger partial charge in [-0.1, -0.05) is 31.2 Å². The van der Waals surface area contributed by atoms with Crippen LogP contribution in [-0.4, -0.2) is 14.5 Å². The summed E-state index contributed by atoms with van der Waals surface area (Å²) in [5, 5.41) is 1.18. The number of rotatable bonds is 3. The standard InChI is InChI=1S/C15H17N3/c1-3-11-5-6-12(9-11)18-8-7-13-14(4-2)16-10-17-15(13)18/h3,7-10,12H,1,4-6H2,2H3. The summed E-state index contributed by atoms with van der Waals surface area (Å²) < 4.78 is 2.26. The Morgan fingerprint density at radius 3 is 3.11 bits per heavy atom. The zero-order valence-electron chi connectivity index (χ0n) is 10.6. The summed E-state index contributed by atoms with van der Waals surface area (Å²) in [7, 11) is 0. The molecule has 0 aromatic carbocycles. The van der Waals surface area contributed by atoms with Crippen LogP contribution in [0, 0.1) is 0 Å². The van der Waals surface area contributed by atoms with Crippen molar-refractivity contribution in [1.82, 2.24) is 14.5 Å². The summed E-state index contributed by atoms with van der Waals surface area (Å²) in [5.74, 6) is 0. The third-order valence-corrected chi connectivity index (χ3v) is 3.68. The quantitative estimate of drug-likeness (QED) is 0.821. The molecule has 18 heavy (non-hydrogen) atoms. The molecule has 2 heterocycles. The van der Waals surface area contributed by atoms with Gasteiger partial charge in [-0.25, -0.2) is 9.97 Å². The maximum atomic E-state index is 4.44. The number of hydrogen-bond donors (Lipinski definition) is 0. The largest absolute Gasteiger partial charge is 0.325 e. The van der Waals surface area contributed by atoms with Gasteiger partial charge in [-0.2, -0.15) is 0 Å². The Hall–Kier alpha value is -1.90. The van der Waals surface area contributed by atoms with E-state index in [0.29, 0.717) is 6.04 Å². The fourth-order valence-electron chi connectivity index (χ4n) is 2.69. The van der Waals surface area contributed by atoms with Gasteiger partial charge in [0.25, 0.3) is 0 Å². The molecule has 92 valence electrons. The Kier molecular flexibility index (Phi) is 2.74. The molecular weight excluding hydrogens is 222 g/mol. The van der Waals surface area contributed by atoms with E-state index in [9.17, 15) is 0 Å². The van der Waals surface area contributed by atoms with Gasteiger partial charge in [0.05, 0.1) is 11.7 Å². The summed E-state index contributed by atoms with van der Waals surface area (Å²) in [6.45, 7) is 5.97. The van der Waals surface area contributed by atoms with E-state index in [1.54, 1.807) is 6.33 Å². The zero-order valence-corrected chi connectivity index (χ0v) is 10.6. The molecule has 0 fully saturated rings. The van der Waals surface area contributed by atoms with Crippen LogP contribution in [-0.2, 0) is 6.42 Å². The Morgan fingerprint density at radius 2 is 2.39 bits per heavy atom. The molecule has 1 unspecified atom stereocenters. The average molecular weight is 239 g/mol. The highest BCUT2D eigenvalue weighted by Crippen LogP contribution is 2.31. The summed E-state index contributed by atoms with van der Waals surface area (Å²) in [6, 6.07) is 2.54. The Balaban J connectivity index is 2.09. The van der Waals surface area contributed by atoms with E-state index >= 15 is 0 Å². The fraction of sp³-hybridized carbons (Fsp3) is 0.333. The number of allylic oxidation sites excluding steroid dienone is 3. The molecule has 0 saturated heterocycles. The average Bonchev–Trinajstić information content (AvgIpc) is 3.03. The van der Waals surface area contributed by atoms with E-state index in [1.807, 2.05) is 6.08 Å². The van der Waals surface area contributed by atoms with Crippen LogP contribution >= 0.6 is 0 Å². The minimum Gasteiger partial charge on any atom is -0.325 e. The molecule has 0 radical (unpaired) electrons. The van der Waals surface area contributed by atoms with Crippen LogP contribution in [0.3, 0.4) is 0 Å². The van der Waals surface area contributed by atoms with Crippen LogP contribution in [0.25, 0.3) is 11.0 Å². The van der Waals surface area contributed by atoms with E-state index < -0.39 is 0 Å². The van der Waals surface area contributed by atoms with E-state index in [2.05, 4.69) is 46.4 Å². The molecule has 0 spiro atoms. The van der Waals surface area contributed by atoms with Crippen LogP contribution in [0.1, 0.15) is 31.5 Å². The second kappa shape index (κ2) is 4.41. The second-order valence-corrected chi connectivity index (χ2v) is 4.69. The van der Waals surface area contributed by atoms with Crippen molar-refractivity contribution < 1.29 is 0 Å². The van der Waals surface area contributed by atoms with Gasteiger partial charge in [-0.3, -0.25) is 0 Å². The highest BCUT2D eigenvalue weighted by Gasteiger charge is 2.18. The predicted molar refractivity (Wildman–Crippen MR) is 73.5 cm³/mol. The number of nitrogens with zero attached hydrogens (tertiary/aromatic N) is 3. The lowest BCUT2D eigenvalue weighted by Crippen LogP contribution is -2.03. The first-order valence-electron chi connectivity index (χ1n) is 6.47. The highest BCUT2D eigenvalue weighted by molar-refractivity contribution is 5.78.